The van der Waals surface area contributed by atoms with E-state index < -0.39 is 0 Å². The number of nitrogens with one attached hydrogen (secondary N) is 1. The van der Waals surface area contributed by atoms with E-state index in [9.17, 15) is 4.79 Å². The molecule has 130 valence electrons. The lowest BCUT2D eigenvalue weighted by Crippen LogP contribution is -2.21. The topological polar surface area (TPSA) is 38.3 Å². The van der Waals surface area contributed by atoms with Crippen molar-refractivity contribution < 1.29 is 9.53 Å². The van der Waals surface area contributed by atoms with Crippen molar-refractivity contribution in [2.24, 2.45) is 5.92 Å². The Morgan fingerprint density at radius 3 is 2.36 bits per heavy atom. The minimum Gasteiger partial charge on any atom is -0.463 e. The van der Waals surface area contributed by atoms with Crippen molar-refractivity contribution in [1.29, 1.82) is 0 Å². The molecule has 2 atom stereocenters. The van der Waals surface area contributed by atoms with Crippen LogP contribution in [0.15, 0.2) is 71.9 Å². The number of carbonyl (C=O) groups is 1. The van der Waals surface area contributed by atoms with E-state index >= 15 is 0 Å². The van der Waals surface area contributed by atoms with Gasteiger partial charge in [0.05, 0.1) is 12.2 Å². The summed E-state index contributed by atoms with van der Waals surface area (Å²) in [5, 5.41) is 3.55. The van der Waals surface area contributed by atoms with Gasteiger partial charge >= 0.3 is 5.97 Å². The molecule has 2 aromatic carbocycles. The van der Waals surface area contributed by atoms with Crippen LogP contribution in [0.4, 0.5) is 0 Å². The van der Waals surface area contributed by atoms with E-state index in [1.54, 1.807) is 0 Å². The number of allylic oxidation sites excluding steroid dienone is 1. The van der Waals surface area contributed by atoms with Crippen LogP contribution in [0.1, 0.15) is 37.3 Å². The summed E-state index contributed by atoms with van der Waals surface area (Å²) < 4.78 is 5.33. The SMILES string of the molecule is CCOC(=O)C1=C(NCc2ccccc2)[C@H](c2ccccc2)C[C@H]1C. The third-order valence-electron chi connectivity index (χ3n) is 4.74. The minimum atomic E-state index is -0.191. The highest BCUT2D eigenvalue weighted by atomic mass is 16.5. The van der Waals surface area contributed by atoms with Crippen molar-refractivity contribution in [3.63, 3.8) is 0 Å². The van der Waals surface area contributed by atoms with E-state index in [1.807, 2.05) is 31.2 Å². The summed E-state index contributed by atoms with van der Waals surface area (Å²) in [5.41, 5.74) is 4.25. The lowest BCUT2D eigenvalue weighted by molar-refractivity contribution is -0.139. The number of carbonyl (C=O) groups excluding carboxylic acids is 1. The highest BCUT2D eigenvalue weighted by Gasteiger charge is 2.36. The fraction of sp³-hybridized carbons (Fsp3) is 0.318. The van der Waals surface area contributed by atoms with E-state index in [1.165, 1.54) is 11.1 Å². The Hall–Kier alpha value is -2.55. The van der Waals surface area contributed by atoms with Crippen LogP contribution in [0.3, 0.4) is 0 Å². The second-order valence-corrected chi connectivity index (χ2v) is 6.49. The van der Waals surface area contributed by atoms with Gasteiger partial charge in [-0.05, 0) is 30.4 Å². The van der Waals surface area contributed by atoms with E-state index in [4.69, 9.17) is 4.74 Å². The average Bonchev–Trinajstić information content (AvgIpc) is 2.98. The summed E-state index contributed by atoms with van der Waals surface area (Å²) in [4.78, 5) is 12.5. The Balaban J connectivity index is 1.92. The number of esters is 1. The lowest BCUT2D eigenvalue weighted by atomic mass is 9.94. The van der Waals surface area contributed by atoms with Crippen molar-refractivity contribution in [1.82, 2.24) is 5.32 Å². The summed E-state index contributed by atoms with van der Waals surface area (Å²) in [6.45, 7) is 5.06. The van der Waals surface area contributed by atoms with Crippen LogP contribution < -0.4 is 5.32 Å². The number of hydrogen-bond acceptors (Lipinski definition) is 3. The molecular formula is C22H25NO2. The lowest BCUT2D eigenvalue weighted by Gasteiger charge is -2.18. The quantitative estimate of drug-likeness (QED) is 0.794. The van der Waals surface area contributed by atoms with Crippen LogP contribution in [0.2, 0.25) is 0 Å². The van der Waals surface area contributed by atoms with E-state index in [0.717, 1.165) is 17.7 Å². The van der Waals surface area contributed by atoms with Crippen LogP contribution >= 0.6 is 0 Å². The standard InChI is InChI=1S/C22H25NO2/c1-3-25-22(24)20-16(2)14-19(18-12-8-5-9-13-18)21(20)23-15-17-10-6-4-7-11-17/h4-13,16,19,23H,3,14-15H2,1-2H3/t16-,19+/m1/s1. The van der Waals surface area contributed by atoms with Gasteiger partial charge in [-0.25, -0.2) is 4.79 Å². The van der Waals surface area contributed by atoms with E-state index in [0.29, 0.717) is 13.2 Å². The summed E-state index contributed by atoms with van der Waals surface area (Å²) in [7, 11) is 0. The monoisotopic (exact) mass is 335 g/mol. The van der Waals surface area contributed by atoms with Gasteiger partial charge in [-0.15, -0.1) is 0 Å². The Morgan fingerprint density at radius 2 is 1.72 bits per heavy atom. The normalized spacial score (nSPS) is 19.8. The predicted molar refractivity (Wildman–Crippen MR) is 99.9 cm³/mol. The molecule has 0 bridgehead atoms. The molecular weight excluding hydrogens is 310 g/mol. The van der Waals surface area contributed by atoms with Gasteiger partial charge in [0.1, 0.15) is 0 Å². The first-order valence-corrected chi connectivity index (χ1v) is 8.94. The molecule has 3 nitrogen and oxygen atoms in total. The fourth-order valence-electron chi connectivity index (χ4n) is 3.56. The largest absolute Gasteiger partial charge is 0.463 e. The molecule has 1 N–H and O–H groups in total. The maximum absolute atomic E-state index is 12.5. The van der Waals surface area contributed by atoms with Crippen molar-refractivity contribution in [2.45, 2.75) is 32.7 Å². The van der Waals surface area contributed by atoms with Crippen LogP contribution in [-0.2, 0) is 16.1 Å². The van der Waals surface area contributed by atoms with Crippen LogP contribution in [0.25, 0.3) is 0 Å². The molecule has 0 spiro atoms. The summed E-state index contributed by atoms with van der Waals surface area (Å²) >= 11 is 0. The molecule has 3 heteroatoms. The smallest absolute Gasteiger partial charge is 0.336 e. The van der Waals surface area contributed by atoms with Crippen molar-refractivity contribution in [2.75, 3.05) is 6.61 Å². The Kier molecular flexibility index (Phi) is 5.54. The molecule has 1 aliphatic carbocycles. The zero-order valence-corrected chi connectivity index (χ0v) is 14.9. The van der Waals surface area contributed by atoms with Crippen molar-refractivity contribution in [3.8, 4) is 0 Å². The third-order valence-corrected chi connectivity index (χ3v) is 4.74. The van der Waals surface area contributed by atoms with Gasteiger partial charge in [-0.1, -0.05) is 67.6 Å². The number of benzene rings is 2. The molecule has 3 rings (SSSR count). The van der Waals surface area contributed by atoms with Gasteiger partial charge in [0, 0.05) is 18.2 Å². The van der Waals surface area contributed by atoms with Crippen LogP contribution in [-0.4, -0.2) is 12.6 Å². The Morgan fingerprint density at radius 1 is 1.08 bits per heavy atom. The molecule has 25 heavy (non-hydrogen) atoms. The zero-order valence-electron chi connectivity index (χ0n) is 14.9. The molecule has 0 unspecified atom stereocenters. The molecule has 0 radical (unpaired) electrons. The fourth-order valence-corrected chi connectivity index (χ4v) is 3.56. The van der Waals surface area contributed by atoms with Gasteiger partial charge in [-0.3, -0.25) is 0 Å². The molecule has 0 aromatic heterocycles. The van der Waals surface area contributed by atoms with Crippen LogP contribution in [0, 0.1) is 5.92 Å². The molecule has 0 saturated heterocycles. The zero-order chi connectivity index (χ0) is 17.6. The first kappa shape index (κ1) is 17.3. The highest BCUT2D eigenvalue weighted by Crippen LogP contribution is 2.42. The van der Waals surface area contributed by atoms with Gasteiger partial charge in [0.25, 0.3) is 0 Å². The Bertz CT molecular complexity index is 737. The molecule has 0 aliphatic heterocycles. The van der Waals surface area contributed by atoms with Crippen molar-refractivity contribution >= 4 is 5.97 Å². The van der Waals surface area contributed by atoms with Crippen molar-refractivity contribution in [3.05, 3.63) is 83.1 Å². The predicted octanol–water partition coefficient (Wildman–Crippen LogP) is 4.42. The molecule has 0 heterocycles. The average molecular weight is 335 g/mol. The van der Waals surface area contributed by atoms with Gasteiger partial charge < -0.3 is 10.1 Å². The highest BCUT2D eigenvalue weighted by molar-refractivity contribution is 5.91. The molecule has 1 aliphatic rings. The second-order valence-electron chi connectivity index (χ2n) is 6.49. The molecule has 0 amide bonds. The number of rotatable bonds is 6. The van der Waals surface area contributed by atoms with Gasteiger partial charge in [0.2, 0.25) is 0 Å². The third kappa shape index (κ3) is 3.93. The second kappa shape index (κ2) is 8.02. The van der Waals surface area contributed by atoms with E-state index in [-0.39, 0.29) is 17.8 Å². The summed E-state index contributed by atoms with van der Waals surface area (Å²) in [5.74, 6) is 0.200. The summed E-state index contributed by atoms with van der Waals surface area (Å²) in [6, 6.07) is 20.7. The van der Waals surface area contributed by atoms with Crippen LogP contribution in [0.5, 0.6) is 0 Å². The minimum absolute atomic E-state index is 0.183. The van der Waals surface area contributed by atoms with Gasteiger partial charge in [0.15, 0.2) is 0 Å². The first-order valence-electron chi connectivity index (χ1n) is 8.94. The number of hydrogen-bond donors (Lipinski definition) is 1. The molecule has 0 saturated carbocycles. The first-order chi connectivity index (χ1) is 12.2. The van der Waals surface area contributed by atoms with E-state index in [2.05, 4.69) is 48.6 Å². The molecule has 2 aromatic rings. The maximum Gasteiger partial charge on any atom is 0.336 e. The molecule has 0 fully saturated rings. The number of ether oxygens (including phenoxy) is 1. The Labute approximate surface area is 149 Å². The maximum atomic E-state index is 12.5. The summed E-state index contributed by atoms with van der Waals surface area (Å²) in [6.07, 6.45) is 0.926. The van der Waals surface area contributed by atoms with Gasteiger partial charge in [-0.2, -0.15) is 0 Å².